The summed E-state index contributed by atoms with van der Waals surface area (Å²) in [7, 11) is 1.31. The summed E-state index contributed by atoms with van der Waals surface area (Å²) < 4.78 is 4.84. The third-order valence-corrected chi connectivity index (χ3v) is 4.73. The lowest BCUT2D eigenvalue weighted by atomic mass is 9.90. The van der Waals surface area contributed by atoms with Crippen molar-refractivity contribution in [3.63, 3.8) is 0 Å². The molecule has 0 fully saturated rings. The Hall–Kier alpha value is -2.95. The van der Waals surface area contributed by atoms with E-state index in [1.54, 1.807) is 24.3 Å². The Kier molecular flexibility index (Phi) is 8.59. The fourth-order valence-electron chi connectivity index (χ4n) is 3.24. The van der Waals surface area contributed by atoms with Crippen molar-refractivity contribution < 1.29 is 19.1 Å². The maximum Gasteiger partial charge on any atom is 0.328 e. The van der Waals surface area contributed by atoms with Crippen LogP contribution in [0.1, 0.15) is 42.6 Å². The summed E-state index contributed by atoms with van der Waals surface area (Å²) in [5.74, 6) is -1.25. The Balaban J connectivity index is 2.19. The molecule has 0 bridgehead atoms. The lowest BCUT2D eigenvalue weighted by Crippen LogP contribution is -2.45. The molecule has 0 heterocycles. The predicted octanol–water partition coefficient (Wildman–Crippen LogP) is 3.82. The van der Waals surface area contributed by atoms with Crippen LogP contribution >= 0.6 is 0 Å². The summed E-state index contributed by atoms with van der Waals surface area (Å²) in [6.45, 7) is 3.95. The molecule has 0 radical (unpaired) electrons. The smallest absolute Gasteiger partial charge is 0.328 e. The average molecular weight is 395 g/mol. The van der Waals surface area contributed by atoms with Crippen molar-refractivity contribution >= 4 is 17.7 Å². The van der Waals surface area contributed by atoms with Crippen LogP contribution in [0.25, 0.3) is 0 Å². The first-order chi connectivity index (χ1) is 13.9. The van der Waals surface area contributed by atoms with Crippen molar-refractivity contribution in [2.24, 2.45) is 11.8 Å². The van der Waals surface area contributed by atoms with Crippen LogP contribution < -0.4 is 5.32 Å². The first kappa shape index (κ1) is 22.3. The Morgan fingerprint density at radius 3 is 2.07 bits per heavy atom. The van der Waals surface area contributed by atoms with Crippen LogP contribution in [0.3, 0.4) is 0 Å². The number of esters is 1. The van der Waals surface area contributed by atoms with Gasteiger partial charge in [-0.05, 0) is 24.3 Å². The van der Waals surface area contributed by atoms with Crippen molar-refractivity contribution in [3.8, 4) is 0 Å². The number of methoxy groups -OCH3 is 1. The number of ketones is 1. The molecule has 0 spiro atoms. The van der Waals surface area contributed by atoms with Crippen LogP contribution in [-0.2, 0) is 20.7 Å². The lowest BCUT2D eigenvalue weighted by Gasteiger charge is -2.22. The predicted molar refractivity (Wildman–Crippen MR) is 112 cm³/mol. The number of carbonyl (C=O) groups is 3. The van der Waals surface area contributed by atoms with Crippen LogP contribution in [0.5, 0.6) is 0 Å². The third-order valence-electron chi connectivity index (χ3n) is 4.73. The van der Waals surface area contributed by atoms with E-state index in [1.807, 2.05) is 50.2 Å². The fraction of sp³-hybridized carbons (Fsp3) is 0.375. The minimum Gasteiger partial charge on any atom is -0.467 e. The van der Waals surface area contributed by atoms with Crippen molar-refractivity contribution in [2.45, 2.75) is 39.2 Å². The van der Waals surface area contributed by atoms with E-state index < -0.39 is 17.9 Å². The second-order valence-corrected chi connectivity index (χ2v) is 7.59. The van der Waals surface area contributed by atoms with E-state index in [4.69, 9.17) is 4.74 Å². The van der Waals surface area contributed by atoms with E-state index in [2.05, 4.69) is 5.32 Å². The molecule has 0 aromatic heterocycles. The first-order valence-electron chi connectivity index (χ1n) is 9.91. The highest BCUT2D eigenvalue weighted by Gasteiger charge is 2.28. The minimum atomic E-state index is -0.724. The number of nitrogens with one attached hydrogen (secondary N) is 1. The van der Waals surface area contributed by atoms with Gasteiger partial charge in [0, 0.05) is 17.9 Å². The largest absolute Gasteiger partial charge is 0.467 e. The minimum absolute atomic E-state index is 0.0698. The molecule has 154 valence electrons. The Bertz CT molecular complexity index is 802. The molecule has 2 aromatic rings. The number of amides is 1. The molecule has 2 aromatic carbocycles. The Morgan fingerprint density at radius 1 is 0.931 bits per heavy atom. The summed E-state index contributed by atoms with van der Waals surface area (Å²) in [5.41, 5.74) is 1.54. The number of benzene rings is 2. The van der Waals surface area contributed by atoms with Crippen LogP contribution in [0.15, 0.2) is 60.7 Å². The van der Waals surface area contributed by atoms with Crippen LogP contribution in [0.2, 0.25) is 0 Å². The van der Waals surface area contributed by atoms with Gasteiger partial charge in [-0.25, -0.2) is 4.79 Å². The van der Waals surface area contributed by atoms with Gasteiger partial charge >= 0.3 is 5.97 Å². The molecule has 0 aliphatic rings. The average Bonchev–Trinajstić information content (AvgIpc) is 2.73. The topological polar surface area (TPSA) is 72.5 Å². The van der Waals surface area contributed by atoms with Gasteiger partial charge in [-0.2, -0.15) is 0 Å². The van der Waals surface area contributed by atoms with Gasteiger partial charge in [-0.15, -0.1) is 0 Å². The molecule has 0 unspecified atom stereocenters. The highest BCUT2D eigenvalue weighted by Crippen LogP contribution is 2.18. The summed E-state index contributed by atoms with van der Waals surface area (Å²) in [5, 5.41) is 2.81. The lowest BCUT2D eigenvalue weighted by molar-refractivity contribution is -0.146. The fourth-order valence-corrected chi connectivity index (χ4v) is 3.24. The van der Waals surface area contributed by atoms with E-state index in [0.29, 0.717) is 18.4 Å². The SMILES string of the molecule is COC(=O)[C@H](CC(C)C)NC(=O)[C@@H](CC(=O)c1ccccc1)Cc1ccccc1. The number of ether oxygens (including phenoxy) is 1. The number of carbonyl (C=O) groups excluding carboxylic acids is 3. The summed E-state index contributed by atoms with van der Waals surface area (Å²) in [6, 6.07) is 17.8. The molecule has 2 rings (SSSR count). The zero-order valence-corrected chi connectivity index (χ0v) is 17.3. The summed E-state index contributed by atoms with van der Waals surface area (Å²) in [6.07, 6.45) is 0.963. The number of Topliss-reactive ketones (excluding diaryl/α,β-unsaturated/α-hetero) is 1. The third kappa shape index (κ3) is 7.18. The standard InChI is InChI=1S/C24H29NO4/c1-17(2)14-21(24(28)29-3)25-23(27)20(15-18-10-6-4-7-11-18)16-22(26)19-12-8-5-9-13-19/h4-13,17,20-21H,14-16H2,1-3H3,(H,25,27)/t20-,21+/m1/s1. The summed E-state index contributed by atoms with van der Waals surface area (Å²) in [4.78, 5) is 37.9. The van der Waals surface area contributed by atoms with Gasteiger partial charge in [0.05, 0.1) is 7.11 Å². The Morgan fingerprint density at radius 2 is 1.52 bits per heavy atom. The van der Waals surface area contributed by atoms with Crippen molar-refractivity contribution in [3.05, 3.63) is 71.8 Å². The molecule has 0 saturated carbocycles. The van der Waals surface area contributed by atoms with Crippen LogP contribution in [0, 0.1) is 11.8 Å². The van der Waals surface area contributed by atoms with Crippen molar-refractivity contribution in [1.29, 1.82) is 0 Å². The Labute approximate surface area is 172 Å². The molecule has 29 heavy (non-hydrogen) atoms. The second-order valence-electron chi connectivity index (χ2n) is 7.59. The molecule has 1 amide bonds. The van der Waals surface area contributed by atoms with E-state index in [1.165, 1.54) is 7.11 Å². The van der Waals surface area contributed by atoms with Crippen LogP contribution in [0.4, 0.5) is 0 Å². The van der Waals surface area contributed by atoms with Gasteiger partial charge in [0.25, 0.3) is 0 Å². The zero-order chi connectivity index (χ0) is 21.2. The molecule has 5 nitrogen and oxygen atoms in total. The van der Waals surface area contributed by atoms with Crippen LogP contribution in [-0.4, -0.2) is 30.8 Å². The van der Waals surface area contributed by atoms with E-state index >= 15 is 0 Å². The number of hydrogen-bond donors (Lipinski definition) is 1. The quantitative estimate of drug-likeness (QED) is 0.490. The monoisotopic (exact) mass is 395 g/mol. The first-order valence-corrected chi connectivity index (χ1v) is 9.91. The van der Waals surface area contributed by atoms with E-state index in [-0.39, 0.29) is 24.0 Å². The molecule has 0 aliphatic carbocycles. The number of hydrogen-bond acceptors (Lipinski definition) is 4. The number of rotatable bonds is 10. The van der Waals surface area contributed by atoms with Gasteiger partial charge in [-0.1, -0.05) is 74.5 Å². The van der Waals surface area contributed by atoms with Gasteiger partial charge in [0.15, 0.2) is 5.78 Å². The zero-order valence-electron chi connectivity index (χ0n) is 17.3. The second kappa shape index (κ2) is 11.1. The van der Waals surface area contributed by atoms with E-state index in [9.17, 15) is 14.4 Å². The highest BCUT2D eigenvalue weighted by atomic mass is 16.5. The molecular weight excluding hydrogens is 366 g/mol. The highest BCUT2D eigenvalue weighted by molar-refractivity contribution is 5.99. The van der Waals surface area contributed by atoms with Crippen molar-refractivity contribution in [2.75, 3.05) is 7.11 Å². The summed E-state index contributed by atoms with van der Waals surface area (Å²) >= 11 is 0. The maximum absolute atomic E-state index is 13.1. The maximum atomic E-state index is 13.1. The molecule has 1 N–H and O–H groups in total. The van der Waals surface area contributed by atoms with Gasteiger partial charge in [-0.3, -0.25) is 9.59 Å². The normalized spacial score (nSPS) is 12.8. The van der Waals surface area contributed by atoms with Gasteiger partial charge in [0.2, 0.25) is 5.91 Å². The molecule has 2 atom stereocenters. The molecule has 0 saturated heterocycles. The molecular formula is C24H29NO4. The molecule has 0 aliphatic heterocycles. The van der Waals surface area contributed by atoms with Crippen molar-refractivity contribution in [1.82, 2.24) is 5.32 Å². The van der Waals surface area contributed by atoms with E-state index in [0.717, 1.165) is 5.56 Å². The van der Waals surface area contributed by atoms with Gasteiger partial charge < -0.3 is 10.1 Å². The van der Waals surface area contributed by atoms with Gasteiger partial charge in [0.1, 0.15) is 6.04 Å². The molecule has 5 heteroatoms.